The van der Waals surface area contributed by atoms with E-state index in [9.17, 15) is 50.8 Å². The molecular formula is C17H11F6N3O6. The highest BCUT2D eigenvalue weighted by atomic mass is 19.4. The quantitative estimate of drug-likeness (QED) is 0.302. The highest BCUT2D eigenvalue weighted by molar-refractivity contribution is 5.93. The monoisotopic (exact) mass is 467 g/mol. The minimum Gasteiger partial charge on any atom is -0.454 e. The minimum atomic E-state index is -5.06. The lowest BCUT2D eigenvalue weighted by molar-refractivity contribution is -0.385. The number of aromatic nitrogens is 1. The van der Waals surface area contributed by atoms with Gasteiger partial charge in [-0.15, -0.1) is 0 Å². The molecule has 0 atom stereocenters. The summed E-state index contributed by atoms with van der Waals surface area (Å²) < 4.78 is 82.1. The number of carbonyl (C=O) groups excluding carboxylic acids is 2. The number of esters is 1. The van der Waals surface area contributed by atoms with Gasteiger partial charge < -0.3 is 14.6 Å². The van der Waals surface area contributed by atoms with Gasteiger partial charge in [0.05, 0.1) is 21.7 Å². The maximum Gasteiger partial charge on any atom is 0.418 e. The van der Waals surface area contributed by atoms with Crippen molar-refractivity contribution in [3.8, 4) is 0 Å². The molecule has 0 fully saturated rings. The molecule has 0 aliphatic heterocycles. The lowest BCUT2D eigenvalue weighted by Gasteiger charge is -2.14. The maximum atomic E-state index is 13.1. The van der Waals surface area contributed by atoms with Crippen LogP contribution in [-0.2, 0) is 33.2 Å². The van der Waals surface area contributed by atoms with Crippen molar-refractivity contribution in [2.45, 2.75) is 18.9 Å². The van der Waals surface area contributed by atoms with Gasteiger partial charge in [-0.25, -0.2) is 0 Å². The highest BCUT2D eigenvalue weighted by Gasteiger charge is 2.36. The largest absolute Gasteiger partial charge is 0.454 e. The molecule has 1 aromatic carbocycles. The molecule has 1 aromatic heterocycles. The van der Waals surface area contributed by atoms with Crippen molar-refractivity contribution in [1.82, 2.24) is 4.57 Å². The van der Waals surface area contributed by atoms with Gasteiger partial charge in [0, 0.05) is 24.4 Å². The van der Waals surface area contributed by atoms with Gasteiger partial charge in [0.1, 0.15) is 6.54 Å². The lowest BCUT2D eigenvalue weighted by Crippen LogP contribution is -2.28. The molecule has 0 saturated heterocycles. The van der Waals surface area contributed by atoms with Crippen LogP contribution >= 0.6 is 0 Å². The number of ether oxygens (including phenoxy) is 1. The van der Waals surface area contributed by atoms with Crippen LogP contribution in [0, 0.1) is 10.1 Å². The van der Waals surface area contributed by atoms with Crippen LogP contribution in [0.15, 0.2) is 41.3 Å². The molecular weight excluding hydrogens is 456 g/mol. The Morgan fingerprint density at radius 1 is 1.06 bits per heavy atom. The fourth-order valence-corrected chi connectivity index (χ4v) is 2.33. The number of rotatable bonds is 6. The van der Waals surface area contributed by atoms with E-state index in [-0.39, 0.29) is 6.07 Å². The molecule has 0 aliphatic carbocycles. The van der Waals surface area contributed by atoms with Gasteiger partial charge in [0.2, 0.25) is 0 Å². The smallest absolute Gasteiger partial charge is 0.418 e. The molecule has 1 heterocycles. The average Bonchev–Trinajstić information content (AvgIpc) is 2.66. The summed E-state index contributed by atoms with van der Waals surface area (Å²) in [5.74, 6) is -2.59. The first kappa shape index (κ1) is 24.4. The number of benzene rings is 1. The predicted octanol–water partition coefficient (Wildman–Crippen LogP) is 2.98. The third kappa shape index (κ3) is 6.29. The number of hydrogen-bond donors (Lipinski definition) is 1. The van der Waals surface area contributed by atoms with Crippen LogP contribution < -0.4 is 10.9 Å². The van der Waals surface area contributed by atoms with E-state index in [1.807, 2.05) is 0 Å². The number of anilines is 1. The van der Waals surface area contributed by atoms with Crippen LogP contribution in [0.4, 0.5) is 37.7 Å². The van der Waals surface area contributed by atoms with Crippen molar-refractivity contribution in [2.24, 2.45) is 0 Å². The van der Waals surface area contributed by atoms with Crippen molar-refractivity contribution < 1.29 is 45.6 Å². The van der Waals surface area contributed by atoms with Gasteiger partial charge in [0.15, 0.2) is 6.61 Å². The van der Waals surface area contributed by atoms with Crippen LogP contribution in [0.5, 0.6) is 0 Å². The normalized spacial score (nSPS) is 11.7. The molecule has 0 radical (unpaired) electrons. The summed E-state index contributed by atoms with van der Waals surface area (Å²) in [5, 5.41) is 12.4. The van der Waals surface area contributed by atoms with Crippen LogP contribution in [0.25, 0.3) is 0 Å². The van der Waals surface area contributed by atoms with Crippen LogP contribution in [0.1, 0.15) is 11.1 Å². The van der Waals surface area contributed by atoms with Crippen LogP contribution in [0.3, 0.4) is 0 Å². The number of alkyl halides is 6. The Balaban J connectivity index is 2.06. The van der Waals surface area contributed by atoms with Crippen molar-refractivity contribution in [1.29, 1.82) is 0 Å². The summed E-state index contributed by atoms with van der Waals surface area (Å²) in [6, 6.07) is 2.59. The second kappa shape index (κ2) is 9.07. The van der Waals surface area contributed by atoms with Gasteiger partial charge in [-0.1, -0.05) is 0 Å². The number of nitrogens with zero attached hydrogens (tertiary/aromatic N) is 2. The van der Waals surface area contributed by atoms with Gasteiger partial charge in [0.25, 0.3) is 17.2 Å². The average molecular weight is 467 g/mol. The second-order valence-electron chi connectivity index (χ2n) is 6.08. The zero-order chi connectivity index (χ0) is 24.3. The summed E-state index contributed by atoms with van der Waals surface area (Å²) in [6.07, 6.45) is -9.49. The van der Waals surface area contributed by atoms with Crippen LogP contribution in [0.2, 0.25) is 0 Å². The zero-order valence-corrected chi connectivity index (χ0v) is 15.5. The van der Waals surface area contributed by atoms with Crippen molar-refractivity contribution in [2.75, 3.05) is 11.9 Å². The van der Waals surface area contributed by atoms with E-state index < -0.39 is 70.4 Å². The van der Waals surface area contributed by atoms with Gasteiger partial charge in [-0.05, 0) is 12.1 Å². The summed E-state index contributed by atoms with van der Waals surface area (Å²) in [6.45, 7) is -2.14. The number of nitrogens with one attached hydrogen (secondary N) is 1. The Hall–Kier alpha value is -3.91. The lowest BCUT2D eigenvalue weighted by atomic mass is 10.1. The van der Waals surface area contributed by atoms with Crippen LogP contribution in [-0.4, -0.2) is 28.0 Å². The molecule has 9 nitrogen and oxygen atoms in total. The molecule has 2 rings (SSSR count). The Kier molecular flexibility index (Phi) is 6.90. The van der Waals surface area contributed by atoms with Crippen molar-refractivity contribution in [3.63, 3.8) is 0 Å². The molecule has 32 heavy (non-hydrogen) atoms. The Labute approximate surface area is 173 Å². The maximum absolute atomic E-state index is 13.1. The Bertz CT molecular complexity index is 1110. The minimum absolute atomic E-state index is 0.196. The predicted molar refractivity (Wildman–Crippen MR) is 93.4 cm³/mol. The van der Waals surface area contributed by atoms with Gasteiger partial charge in [-0.3, -0.25) is 24.5 Å². The van der Waals surface area contributed by atoms with E-state index >= 15 is 0 Å². The third-order valence-electron chi connectivity index (χ3n) is 3.77. The van der Waals surface area contributed by atoms with E-state index in [1.54, 1.807) is 5.32 Å². The number of non-ortho nitro benzene ring substituents is 1. The summed E-state index contributed by atoms with van der Waals surface area (Å²) >= 11 is 0. The standard InChI is InChI=1S/C17H11F6N3O6/c18-16(19,20)9-1-4-14(28)25(6-9)7-15(29)32-8-13(27)24-12-3-2-10(26(30)31)5-11(12)17(21,22)23/h1-6H,7-8H2,(H,24,27). The van der Waals surface area contributed by atoms with E-state index in [0.717, 1.165) is 0 Å². The fraction of sp³-hybridized carbons (Fsp3) is 0.235. The number of carbonyl (C=O) groups is 2. The molecule has 0 saturated carbocycles. The third-order valence-corrected chi connectivity index (χ3v) is 3.77. The second-order valence-corrected chi connectivity index (χ2v) is 6.08. The molecule has 15 heteroatoms. The number of nitro groups is 1. The van der Waals surface area contributed by atoms with Crippen molar-refractivity contribution >= 4 is 23.3 Å². The molecule has 0 aliphatic rings. The number of nitro benzene ring substituents is 1. The topological polar surface area (TPSA) is 121 Å². The molecule has 0 spiro atoms. The van der Waals surface area contributed by atoms with E-state index in [1.165, 1.54) is 0 Å². The highest BCUT2D eigenvalue weighted by Crippen LogP contribution is 2.37. The Morgan fingerprint density at radius 3 is 2.28 bits per heavy atom. The summed E-state index contributed by atoms with van der Waals surface area (Å²) in [4.78, 5) is 44.7. The number of halogens is 6. The number of hydrogen-bond acceptors (Lipinski definition) is 6. The fourth-order valence-electron chi connectivity index (χ4n) is 2.33. The molecule has 172 valence electrons. The zero-order valence-electron chi connectivity index (χ0n) is 15.5. The van der Waals surface area contributed by atoms with Crippen molar-refractivity contribution in [3.05, 3.63) is 68.1 Å². The SMILES string of the molecule is O=C(COC(=O)Cn1cc(C(F)(F)F)ccc1=O)Nc1ccc([N+](=O)[O-])cc1C(F)(F)F. The number of amides is 1. The molecule has 0 unspecified atom stereocenters. The van der Waals surface area contributed by atoms with Gasteiger partial charge in [-0.2, -0.15) is 26.3 Å². The van der Waals surface area contributed by atoms with E-state index in [2.05, 4.69) is 4.74 Å². The first-order valence-electron chi connectivity index (χ1n) is 8.27. The summed E-state index contributed by atoms with van der Waals surface area (Å²) in [5.41, 5.74) is -5.45. The first-order valence-corrected chi connectivity index (χ1v) is 8.27. The summed E-state index contributed by atoms with van der Waals surface area (Å²) in [7, 11) is 0. The molecule has 2 aromatic rings. The number of pyridine rings is 1. The molecule has 1 N–H and O–H groups in total. The first-order chi connectivity index (χ1) is 14.7. The van der Waals surface area contributed by atoms with E-state index in [0.29, 0.717) is 35.0 Å². The van der Waals surface area contributed by atoms with Gasteiger partial charge >= 0.3 is 18.3 Å². The van der Waals surface area contributed by atoms with E-state index in [4.69, 9.17) is 0 Å². The molecule has 1 amide bonds. The Morgan fingerprint density at radius 2 is 1.72 bits per heavy atom. The molecule has 0 bridgehead atoms.